The molecule has 0 spiro atoms. The Bertz CT molecular complexity index is 1540. The summed E-state index contributed by atoms with van der Waals surface area (Å²) in [6, 6.07) is 20.5. The van der Waals surface area contributed by atoms with E-state index in [2.05, 4.69) is 19.1 Å². The van der Waals surface area contributed by atoms with Crippen LogP contribution in [0.4, 0.5) is 4.39 Å². The average molecular weight is 460 g/mol. The van der Waals surface area contributed by atoms with Crippen molar-refractivity contribution in [1.29, 1.82) is 0 Å². The van der Waals surface area contributed by atoms with E-state index in [1.165, 1.54) is 17.7 Å². The number of halogens is 2. The molecule has 3 aromatic carbocycles. The molecule has 0 N–H and O–H groups in total. The van der Waals surface area contributed by atoms with E-state index in [1.54, 1.807) is 17.0 Å². The Labute approximate surface area is 195 Å². The van der Waals surface area contributed by atoms with E-state index in [4.69, 9.17) is 16.6 Å². The molecule has 6 heteroatoms. The standard InChI is InChI=1S/C27H23ClFN3O/c1-17-8-11-24-22(12-17)25-26(32(24)15-20-9-10-21(29)13-23(20)28)27(33)31(16-30-25)14-18(2)19-6-4-3-5-7-19/h3-13,16,18H,14-15H2,1-2H3/t18-/m0/s1. The van der Waals surface area contributed by atoms with Crippen molar-refractivity contribution in [2.24, 2.45) is 0 Å². The van der Waals surface area contributed by atoms with Gasteiger partial charge >= 0.3 is 0 Å². The van der Waals surface area contributed by atoms with Crippen molar-refractivity contribution >= 4 is 33.5 Å². The van der Waals surface area contributed by atoms with Gasteiger partial charge in [0.25, 0.3) is 5.56 Å². The summed E-state index contributed by atoms with van der Waals surface area (Å²) in [5.41, 5.74) is 4.98. The average Bonchev–Trinajstić information content (AvgIpc) is 3.11. The van der Waals surface area contributed by atoms with Gasteiger partial charge in [-0.05, 0) is 48.2 Å². The minimum atomic E-state index is -0.388. The number of fused-ring (bicyclic) bond motifs is 3. The smallest absolute Gasteiger partial charge is 0.277 e. The van der Waals surface area contributed by atoms with Crippen molar-refractivity contribution in [2.45, 2.75) is 32.9 Å². The molecule has 0 fully saturated rings. The van der Waals surface area contributed by atoms with Crippen LogP contribution in [0.25, 0.3) is 21.9 Å². The molecule has 0 aliphatic heterocycles. The Morgan fingerprint density at radius 3 is 2.61 bits per heavy atom. The van der Waals surface area contributed by atoms with Crippen molar-refractivity contribution in [3.63, 3.8) is 0 Å². The normalized spacial score (nSPS) is 12.5. The van der Waals surface area contributed by atoms with Crippen molar-refractivity contribution in [3.8, 4) is 0 Å². The first-order valence-corrected chi connectivity index (χ1v) is 11.3. The maximum Gasteiger partial charge on any atom is 0.277 e. The van der Waals surface area contributed by atoms with Gasteiger partial charge in [-0.1, -0.05) is 66.6 Å². The molecule has 0 bridgehead atoms. The molecule has 0 saturated carbocycles. The summed E-state index contributed by atoms with van der Waals surface area (Å²) in [6.45, 7) is 4.98. The van der Waals surface area contributed by atoms with Gasteiger partial charge in [-0.25, -0.2) is 9.37 Å². The fraction of sp³-hybridized carbons (Fsp3) is 0.185. The van der Waals surface area contributed by atoms with Crippen LogP contribution in [0.5, 0.6) is 0 Å². The molecule has 2 heterocycles. The van der Waals surface area contributed by atoms with Crippen molar-refractivity contribution in [1.82, 2.24) is 14.1 Å². The number of aryl methyl sites for hydroxylation is 1. The molecule has 166 valence electrons. The van der Waals surface area contributed by atoms with E-state index in [1.807, 2.05) is 47.9 Å². The summed E-state index contributed by atoms with van der Waals surface area (Å²) < 4.78 is 17.2. The number of hydrogen-bond acceptors (Lipinski definition) is 2. The first kappa shape index (κ1) is 21.4. The molecule has 0 radical (unpaired) electrons. The van der Waals surface area contributed by atoms with Gasteiger partial charge in [0.15, 0.2) is 0 Å². The van der Waals surface area contributed by atoms with Gasteiger partial charge in [0.05, 0.1) is 11.8 Å². The zero-order valence-corrected chi connectivity index (χ0v) is 19.2. The van der Waals surface area contributed by atoms with Crippen molar-refractivity contribution in [2.75, 3.05) is 0 Å². The maximum absolute atomic E-state index is 13.7. The lowest BCUT2D eigenvalue weighted by atomic mass is 10.0. The largest absolute Gasteiger partial charge is 0.330 e. The lowest BCUT2D eigenvalue weighted by molar-refractivity contribution is 0.575. The fourth-order valence-electron chi connectivity index (χ4n) is 4.41. The van der Waals surface area contributed by atoms with Crippen molar-refractivity contribution < 1.29 is 4.39 Å². The van der Waals surface area contributed by atoms with Crippen LogP contribution in [0.3, 0.4) is 0 Å². The summed E-state index contributed by atoms with van der Waals surface area (Å²) in [4.78, 5) is 18.4. The Morgan fingerprint density at radius 2 is 1.85 bits per heavy atom. The van der Waals surface area contributed by atoms with Gasteiger partial charge < -0.3 is 4.57 Å². The molecule has 5 rings (SSSR count). The van der Waals surface area contributed by atoms with E-state index in [0.29, 0.717) is 29.1 Å². The number of hydrogen-bond donors (Lipinski definition) is 0. The van der Waals surface area contributed by atoms with Crippen LogP contribution in [-0.2, 0) is 13.1 Å². The molecule has 0 aliphatic rings. The molecule has 5 aromatic rings. The highest BCUT2D eigenvalue weighted by atomic mass is 35.5. The van der Waals surface area contributed by atoms with Gasteiger partial charge in [0.2, 0.25) is 0 Å². The Balaban J connectivity index is 1.68. The topological polar surface area (TPSA) is 39.8 Å². The van der Waals surface area contributed by atoms with Crippen LogP contribution in [0, 0.1) is 12.7 Å². The van der Waals surface area contributed by atoms with Gasteiger partial charge in [0.1, 0.15) is 16.9 Å². The summed E-state index contributed by atoms with van der Waals surface area (Å²) >= 11 is 6.33. The molecule has 33 heavy (non-hydrogen) atoms. The van der Waals surface area contributed by atoms with Crippen LogP contribution in [0.1, 0.15) is 29.5 Å². The van der Waals surface area contributed by atoms with Crippen LogP contribution in [-0.4, -0.2) is 14.1 Å². The highest BCUT2D eigenvalue weighted by molar-refractivity contribution is 6.31. The number of nitrogens with zero attached hydrogens (tertiary/aromatic N) is 3. The SMILES string of the molecule is Cc1ccc2c(c1)c1ncn(C[C@H](C)c3ccccc3)c(=O)c1n2Cc1ccc(F)cc1Cl. The van der Waals surface area contributed by atoms with Gasteiger partial charge in [-0.2, -0.15) is 0 Å². The van der Waals surface area contributed by atoms with Gasteiger partial charge in [0, 0.05) is 23.5 Å². The third-order valence-electron chi connectivity index (χ3n) is 6.16. The van der Waals surface area contributed by atoms with Gasteiger partial charge in [-0.15, -0.1) is 0 Å². The molecular formula is C27H23ClFN3O. The van der Waals surface area contributed by atoms with Crippen LogP contribution in [0.15, 0.2) is 77.9 Å². The minimum absolute atomic E-state index is 0.102. The zero-order valence-electron chi connectivity index (χ0n) is 18.4. The molecule has 0 unspecified atom stereocenters. The summed E-state index contributed by atoms with van der Waals surface area (Å²) in [5.74, 6) is -0.240. The predicted octanol–water partition coefficient (Wildman–Crippen LogP) is 6.30. The molecule has 0 amide bonds. The minimum Gasteiger partial charge on any atom is -0.330 e. The molecular weight excluding hydrogens is 437 g/mol. The highest BCUT2D eigenvalue weighted by Gasteiger charge is 2.19. The summed E-state index contributed by atoms with van der Waals surface area (Å²) in [7, 11) is 0. The zero-order chi connectivity index (χ0) is 23.1. The molecule has 2 aromatic heterocycles. The Kier molecular flexibility index (Phi) is 5.51. The third kappa shape index (κ3) is 3.93. The van der Waals surface area contributed by atoms with Crippen LogP contribution < -0.4 is 5.56 Å². The quantitative estimate of drug-likeness (QED) is 0.309. The monoisotopic (exact) mass is 459 g/mol. The van der Waals surface area contributed by atoms with Crippen LogP contribution >= 0.6 is 11.6 Å². The first-order chi connectivity index (χ1) is 15.9. The Morgan fingerprint density at radius 1 is 1.06 bits per heavy atom. The highest BCUT2D eigenvalue weighted by Crippen LogP contribution is 2.29. The Hall–Kier alpha value is -3.44. The lowest BCUT2D eigenvalue weighted by Gasteiger charge is -2.14. The van der Waals surface area contributed by atoms with Crippen LogP contribution in [0.2, 0.25) is 5.02 Å². The second-order valence-corrected chi connectivity index (χ2v) is 8.96. The lowest BCUT2D eigenvalue weighted by Crippen LogP contribution is -2.24. The van der Waals surface area contributed by atoms with E-state index < -0.39 is 0 Å². The van der Waals surface area contributed by atoms with Crippen molar-refractivity contribution in [3.05, 3.63) is 111 Å². The number of aromatic nitrogens is 3. The van der Waals surface area contributed by atoms with Gasteiger partial charge in [-0.3, -0.25) is 9.36 Å². The van der Waals surface area contributed by atoms with E-state index in [9.17, 15) is 9.18 Å². The molecule has 1 atom stereocenters. The van der Waals surface area contributed by atoms with E-state index in [-0.39, 0.29) is 17.3 Å². The number of benzene rings is 3. The van der Waals surface area contributed by atoms with E-state index >= 15 is 0 Å². The molecule has 0 saturated heterocycles. The predicted molar refractivity (Wildman–Crippen MR) is 132 cm³/mol. The third-order valence-corrected chi connectivity index (χ3v) is 6.52. The van der Waals surface area contributed by atoms with E-state index in [0.717, 1.165) is 22.0 Å². The number of rotatable bonds is 5. The molecule has 0 aliphatic carbocycles. The second-order valence-electron chi connectivity index (χ2n) is 8.55. The first-order valence-electron chi connectivity index (χ1n) is 10.9. The summed E-state index contributed by atoms with van der Waals surface area (Å²) in [6.07, 6.45) is 1.64. The molecule has 4 nitrogen and oxygen atoms in total. The summed E-state index contributed by atoms with van der Waals surface area (Å²) in [5, 5.41) is 1.25. The maximum atomic E-state index is 13.7. The fourth-order valence-corrected chi connectivity index (χ4v) is 4.64. The second kappa shape index (κ2) is 8.49.